The Morgan fingerprint density at radius 3 is 2.59 bits per heavy atom. The van der Waals surface area contributed by atoms with Gasteiger partial charge in [-0.25, -0.2) is 4.79 Å². The highest BCUT2D eigenvalue weighted by Crippen LogP contribution is 2.17. The third kappa shape index (κ3) is 4.32. The van der Waals surface area contributed by atoms with E-state index in [1.807, 2.05) is 32.0 Å². The Labute approximate surface area is 107 Å². The van der Waals surface area contributed by atoms with Crippen LogP contribution in [0.2, 0.25) is 0 Å². The molecule has 94 valence electrons. The van der Waals surface area contributed by atoms with Gasteiger partial charge in [-0.05, 0) is 31.0 Å². The zero-order valence-electron chi connectivity index (χ0n) is 10.1. The molecule has 0 atom stereocenters. The maximum absolute atomic E-state index is 11.5. The first-order valence-electron chi connectivity index (χ1n) is 4.91. The lowest BCUT2D eigenvalue weighted by Gasteiger charge is -2.10. The molecule has 0 spiro atoms. The second-order valence-corrected chi connectivity index (χ2v) is 3.44. The third-order valence-corrected chi connectivity index (χ3v) is 2.34. The number of nitrogens with two attached hydrogens (primary N) is 1. The van der Waals surface area contributed by atoms with E-state index in [1.165, 1.54) is 7.05 Å². The van der Waals surface area contributed by atoms with Gasteiger partial charge in [0.15, 0.2) is 5.96 Å². The summed E-state index contributed by atoms with van der Waals surface area (Å²) in [5.41, 5.74) is 8.29. The van der Waals surface area contributed by atoms with Gasteiger partial charge in [-0.1, -0.05) is 12.1 Å². The van der Waals surface area contributed by atoms with Crippen molar-refractivity contribution >= 4 is 30.1 Å². The normalized spacial score (nSPS) is 10.4. The molecule has 0 unspecified atom stereocenters. The number of aliphatic imine (C=N–C) groups is 1. The van der Waals surface area contributed by atoms with E-state index in [4.69, 9.17) is 5.73 Å². The van der Waals surface area contributed by atoms with Crippen LogP contribution in [0, 0.1) is 13.8 Å². The Kier molecular flexibility index (Phi) is 6.06. The molecule has 1 aromatic rings. The molecule has 0 aliphatic heterocycles. The van der Waals surface area contributed by atoms with Gasteiger partial charge in [0.2, 0.25) is 0 Å². The van der Waals surface area contributed by atoms with Crippen LogP contribution >= 0.6 is 12.4 Å². The van der Waals surface area contributed by atoms with Crippen molar-refractivity contribution in [3.8, 4) is 0 Å². The van der Waals surface area contributed by atoms with E-state index in [-0.39, 0.29) is 18.4 Å². The number of halogens is 1. The van der Waals surface area contributed by atoms with E-state index in [9.17, 15) is 4.79 Å². The quantitative estimate of drug-likeness (QED) is 0.529. The van der Waals surface area contributed by atoms with Crippen LogP contribution in [-0.4, -0.2) is 19.0 Å². The smallest absolute Gasteiger partial charge is 0.325 e. The molecule has 0 fully saturated rings. The van der Waals surface area contributed by atoms with E-state index < -0.39 is 6.03 Å². The summed E-state index contributed by atoms with van der Waals surface area (Å²) in [5.74, 6) is 0.0859. The van der Waals surface area contributed by atoms with Gasteiger partial charge < -0.3 is 11.1 Å². The largest absolute Gasteiger partial charge is 0.370 e. The number of nitrogens with zero attached hydrogens (tertiary/aromatic N) is 1. The van der Waals surface area contributed by atoms with Gasteiger partial charge in [-0.3, -0.25) is 10.3 Å². The van der Waals surface area contributed by atoms with Crippen molar-refractivity contribution in [2.75, 3.05) is 12.4 Å². The number of amides is 2. The molecular formula is C11H17ClN4O. The molecule has 0 saturated carbocycles. The molecule has 0 radical (unpaired) electrons. The zero-order chi connectivity index (χ0) is 12.1. The number of aryl methyl sites for hydroxylation is 1. The molecule has 17 heavy (non-hydrogen) atoms. The SMILES string of the molecule is CN=C(N)NC(=O)Nc1cccc(C)c1C.Cl. The minimum Gasteiger partial charge on any atom is -0.370 e. The van der Waals surface area contributed by atoms with Crippen molar-refractivity contribution < 1.29 is 4.79 Å². The van der Waals surface area contributed by atoms with Gasteiger partial charge in [0.25, 0.3) is 0 Å². The second kappa shape index (κ2) is 6.75. The Morgan fingerprint density at radius 2 is 2.00 bits per heavy atom. The lowest BCUT2D eigenvalue weighted by atomic mass is 10.1. The first kappa shape index (κ1) is 15.2. The number of nitrogens with one attached hydrogen (secondary N) is 2. The highest BCUT2D eigenvalue weighted by Gasteiger charge is 2.05. The third-order valence-electron chi connectivity index (χ3n) is 2.34. The number of guanidine groups is 1. The number of anilines is 1. The van der Waals surface area contributed by atoms with E-state index in [0.717, 1.165) is 16.8 Å². The number of hydrogen-bond acceptors (Lipinski definition) is 2. The summed E-state index contributed by atoms with van der Waals surface area (Å²) in [6.45, 7) is 3.93. The first-order chi connectivity index (χ1) is 7.54. The molecule has 0 heterocycles. The summed E-state index contributed by atoms with van der Waals surface area (Å²) < 4.78 is 0. The zero-order valence-corrected chi connectivity index (χ0v) is 10.9. The van der Waals surface area contributed by atoms with Gasteiger partial charge in [0, 0.05) is 12.7 Å². The van der Waals surface area contributed by atoms with Crippen LogP contribution in [0.15, 0.2) is 23.2 Å². The molecule has 2 amide bonds. The van der Waals surface area contributed by atoms with Gasteiger partial charge in [-0.2, -0.15) is 0 Å². The first-order valence-corrected chi connectivity index (χ1v) is 4.91. The molecule has 1 rings (SSSR count). The second-order valence-electron chi connectivity index (χ2n) is 3.44. The number of urea groups is 1. The van der Waals surface area contributed by atoms with E-state index in [0.29, 0.717) is 0 Å². The van der Waals surface area contributed by atoms with Gasteiger partial charge >= 0.3 is 6.03 Å². The Balaban J connectivity index is 0.00000256. The van der Waals surface area contributed by atoms with Crippen molar-refractivity contribution in [3.05, 3.63) is 29.3 Å². The highest BCUT2D eigenvalue weighted by molar-refractivity contribution is 6.02. The van der Waals surface area contributed by atoms with Gasteiger partial charge in [0.05, 0.1) is 0 Å². The summed E-state index contributed by atoms with van der Waals surface area (Å²) in [7, 11) is 1.51. The summed E-state index contributed by atoms with van der Waals surface area (Å²) in [5, 5.41) is 5.11. The highest BCUT2D eigenvalue weighted by atomic mass is 35.5. The fraction of sp³-hybridized carbons (Fsp3) is 0.273. The van der Waals surface area contributed by atoms with E-state index in [2.05, 4.69) is 15.6 Å². The molecule has 5 nitrogen and oxygen atoms in total. The van der Waals surface area contributed by atoms with Crippen molar-refractivity contribution in [3.63, 3.8) is 0 Å². The van der Waals surface area contributed by atoms with Crippen LogP contribution in [0.1, 0.15) is 11.1 Å². The van der Waals surface area contributed by atoms with Crippen molar-refractivity contribution in [1.82, 2.24) is 5.32 Å². The maximum Gasteiger partial charge on any atom is 0.325 e. The molecule has 6 heteroatoms. The summed E-state index contributed by atoms with van der Waals surface area (Å²) in [6, 6.07) is 5.31. The number of hydrogen-bond donors (Lipinski definition) is 3. The minimum atomic E-state index is -0.392. The molecule has 0 bridgehead atoms. The number of carbonyl (C=O) groups excluding carboxylic acids is 1. The Hall–Kier alpha value is -1.75. The van der Waals surface area contributed by atoms with Gasteiger partial charge in [0.1, 0.15) is 0 Å². The number of benzene rings is 1. The van der Waals surface area contributed by atoms with Crippen LogP contribution in [0.4, 0.5) is 10.5 Å². The van der Waals surface area contributed by atoms with Crippen molar-refractivity contribution in [2.45, 2.75) is 13.8 Å². The predicted octanol–water partition coefficient (Wildman–Crippen LogP) is 1.79. The molecule has 1 aromatic carbocycles. The summed E-state index contributed by atoms with van der Waals surface area (Å²) in [6.07, 6.45) is 0. The van der Waals surface area contributed by atoms with Crippen LogP contribution in [0.5, 0.6) is 0 Å². The molecule has 0 aliphatic rings. The van der Waals surface area contributed by atoms with Crippen LogP contribution in [0.3, 0.4) is 0 Å². The Morgan fingerprint density at radius 1 is 1.35 bits per heavy atom. The standard InChI is InChI=1S/C11H16N4O.ClH/c1-7-5-4-6-9(8(7)2)14-11(16)15-10(12)13-3;/h4-6H,1-3H3,(H4,12,13,14,15,16);1H. The van der Waals surface area contributed by atoms with E-state index >= 15 is 0 Å². The van der Waals surface area contributed by atoms with E-state index in [1.54, 1.807) is 0 Å². The molecule has 0 saturated heterocycles. The lowest BCUT2D eigenvalue weighted by Crippen LogP contribution is -2.39. The van der Waals surface area contributed by atoms with Crippen molar-refractivity contribution in [2.24, 2.45) is 10.7 Å². The topological polar surface area (TPSA) is 79.5 Å². The molecule has 0 aliphatic carbocycles. The van der Waals surface area contributed by atoms with Gasteiger partial charge in [-0.15, -0.1) is 12.4 Å². The Bertz CT molecular complexity index is 431. The summed E-state index contributed by atoms with van der Waals surface area (Å²) in [4.78, 5) is 15.1. The average Bonchev–Trinajstić information content (AvgIpc) is 2.24. The predicted molar refractivity (Wildman–Crippen MR) is 72.9 cm³/mol. The number of rotatable bonds is 1. The monoisotopic (exact) mass is 256 g/mol. The minimum absolute atomic E-state index is 0. The molecule has 4 N–H and O–H groups in total. The fourth-order valence-electron chi connectivity index (χ4n) is 1.21. The maximum atomic E-state index is 11.5. The van der Waals surface area contributed by atoms with Crippen LogP contribution in [0.25, 0.3) is 0 Å². The van der Waals surface area contributed by atoms with Crippen LogP contribution in [-0.2, 0) is 0 Å². The van der Waals surface area contributed by atoms with Crippen LogP contribution < -0.4 is 16.4 Å². The summed E-state index contributed by atoms with van der Waals surface area (Å²) >= 11 is 0. The molecule has 0 aromatic heterocycles. The molecular weight excluding hydrogens is 240 g/mol. The number of carbonyl (C=O) groups is 1. The lowest BCUT2D eigenvalue weighted by molar-refractivity contribution is 0.256. The van der Waals surface area contributed by atoms with Crippen molar-refractivity contribution in [1.29, 1.82) is 0 Å². The fourth-order valence-corrected chi connectivity index (χ4v) is 1.21. The average molecular weight is 257 g/mol.